The van der Waals surface area contributed by atoms with E-state index in [1.807, 2.05) is 0 Å². The quantitative estimate of drug-likeness (QED) is 0.804. The Balaban J connectivity index is 2.49. The predicted octanol–water partition coefficient (Wildman–Crippen LogP) is 1.39. The van der Waals surface area contributed by atoms with E-state index in [1.165, 1.54) is 11.3 Å². The summed E-state index contributed by atoms with van der Waals surface area (Å²) in [7, 11) is 0. The van der Waals surface area contributed by atoms with Crippen molar-refractivity contribution in [3.63, 3.8) is 0 Å². The molecule has 0 unspecified atom stereocenters. The van der Waals surface area contributed by atoms with Gasteiger partial charge < -0.3 is 15.9 Å². The van der Waals surface area contributed by atoms with Crippen molar-refractivity contribution in [2.45, 2.75) is 6.92 Å². The second-order valence-corrected chi connectivity index (χ2v) is 3.91. The minimum atomic E-state index is -0.590. The fourth-order valence-corrected chi connectivity index (χ4v) is 1.83. The van der Waals surface area contributed by atoms with Crippen molar-refractivity contribution in [2.24, 2.45) is 5.73 Å². The maximum Gasteiger partial charge on any atom is 0.284 e. The average molecular weight is 223 g/mol. The molecule has 1 amide bonds. The molecule has 0 saturated heterocycles. The standard InChI is InChI=1S/C9H9N3O2S/c1-4-5(2-7(14-4)8(10)13)6-3-15-9(11)12-6/h2-3H,1H3,(H2,10,13)(H2,11,12). The van der Waals surface area contributed by atoms with E-state index in [0.717, 1.165) is 5.56 Å². The number of thiazole rings is 1. The van der Waals surface area contributed by atoms with E-state index in [1.54, 1.807) is 18.4 Å². The second kappa shape index (κ2) is 3.39. The van der Waals surface area contributed by atoms with Crippen molar-refractivity contribution < 1.29 is 9.21 Å². The number of nitrogens with two attached hydrogens (primary N) is 2. The van der Waals surface area contributed by atoms with Gasteiger partial charge in [-0.15, -0.1) is 11.3 Å². The van der Waals surface area contributed by atoms with Crippen molar-refractivity contribution in [1.29, 1.82) is 0 Å². The lowest BCUT2D eigenvalue weighted by Crippen LogP contribution is -2.09. The van der Waals surface area contributed by atoms with Crippen LogP contribution in [-0.4, -0.2) is 10.9 Å². The van der Waals surface area contributed by atoms with Crippen LogP contribution in [0.2, 0.25) is 0 Å². The van der Waals surface area contributed by atoms with Crippen LogP contribution >= 0.6 is 11.3 Å². The van der Waals surface area contributed by atoms with Gasteiger partial charge in [-0.1, -0.05) is 0 Å². The Hall–Kier alpha value is -1.82. The third-order valence-corrected chi connectivity index (χ3v) is 2.63. The van der Waals surface area contributed by atoms with E-state index >= 15 is 0 Å². The number of rotatable bonds is 2. The number of hydrogen-bond donors (Lipinski definition) is 2. The molecular formula is C9H9N3O2S. The normalized spacial score (nSPS) is 10.5. The number of nitrogen functional groups attached to an aromatic ring is 1. The van der Waals surface area contributed by atoms with Crippen LogP contribution in [-0.2, 0) is 0 Å². The molecule has 0 aliphatic rings. The Morgan fingerprint density at radius 3 is 2.80 bits per heavy atom. The third-order valence-electron chi connectivity index (χ3n) is 1.96. The molecule has 0 saturated carbocycles. The third kappa shape index (κ3) is 1.71. The molecule has 5 nitrogen and oxygen atoms in total. The number of primary amides is 1. The minimum Gasteiger partial charge on any atom is -0.456 e. The van der Waals surface area contributed by atoms with Gasteiger partial charge in [0, 0.05) is 10.9 Å². The molecule has 2 rings (SSSR count). The highest BCUT2D eigenvalue weighted by Gasteiger charge is 2.14. The molecule has 2 aromatic heterocycles. The molecule has 2 aromatic rings. The van der Waals surface area contributed by atoms with E-state index in [0.29, 0.717) is 16.6 Å². The van der Waals surface area contributed by atoms with Crippen LogP contribution in [0.4, 0.5) is 5.13 Å². The summed E-state index contributed by atoms with van der Waals surface area (Å²) in [6.07, 6.45) is 0. The molecule has 2 heterocycles. The van der Waals surface area contributed by atoms with Gasteiger partial charge in [0.05, 0.1) is 5.69 Å². The van der Waals surface area contributed by atoms with Crippen molar-refractivity contribution in [2.75, 3.05) is 5.73 Å². The summed E-state index contributed by atoms with van der Waals surface area (Å²) in [4.78, 5) is 15.0. The lowest BCUT2D eigenvalue weighted by Gasteiger charge is -1.89. The first-order valence-electron chi connectivity index (χ1n) is 4.19. The Bertz CT molecular complexity index is 515. The predicted molar refractivity (Wildman–Crippen MR) is 57.5 cm³/mol. The van der Waals surface area contributed by atoms with E-state index in [2.05, 4.69) is 4.98 Å². The van der Waals surface area contributed by atoms with E-state index in [9.17, 15) is 4.79 Å². The van der Waals surface area contributed by atoms with Gasteiger partial charge in [-0.25, -0.2) is 4.98 Å². The Morgan fingerprint density at radius 1 is 1.60 bits per heavy atom. The summed E-state index contributed by atoms with van der Waals surface area (Å²) in [5, 5.41) is 2.28. The second-order valence-electron chi connectivity index (χ2n) is 3.02. The largest absolute Gasteiger partial charge is 0.456 e. The van der Waals surface area contributed by atoms with Crippen LogP contribution in [0.1, 0.15) is 16.3 Å². The number of amides is 1. The molecule has 0 radical (unpaired) electrons. The molecular weight excluding hydrogens is 214 g/mol. The van der Waals surface area contributed by atoms with E-state index in [4.69, 9.17) is 15.9 Å². The molecule has 78 valence electrons. The summed E-state index contributed by atoms with van der Waals surface area (Å²) in [5.74, 6) is 0.149. The van der Waals surface area contributed by atoms with Gasteiger partial charge in [0.15, 0.2) is 10.9 Å². The number of nitrogens with zero attached hydrogens (tertiary/aromatic N) is 1. The van der Waals surface area contributed by atoms with Gasteiger partial charge in [0.25, 0.3) is 5.91 Å². The summed E-state index contributed by atoms with van der Waals surface area (Å²) in [6, 6.07) is 1.58. The lowest BCUT2D eigenvalue weighted by atomic mass is 10.2. The fraction of sp³-hybridized carbons (Fsp3) is 0.111. The van der Waals surface area contributed by atoms with Gasteiger partial charge >= 0.3 is 0 Å². The molecule has 0 bridgehead atoms. The molecule has 0 atom stereocenters. The maximum atomic E-state index is 10.9. The first-order chi connectivity index (χ1) is 7.08. The lowest BCUT2D eigenvalue weighted by molar-refractivity contribution is 0.0972. The highest BCUT2D eigenvalue weighted by atomic mass is 32.1. The smallest absolute Gasteiger partial charge is 0.284 e. The highest BCUT2D eigenvalue weighted by molar-refractivity contribution is 7.13. The first kappa shape index (κ1) is 9.72. The molecule has 0 spiro atoms. The number of hydrogen-bond acceptors (Lipinski definition) is 5. The molecule has 0 aliphatic heterocycles. The molecule has 0 aromatic carbocycles. The maximum absolute atomic E-state index is 10.9. The number of anilines is 1. The Kier molecular flexibility index (Phi) is 2.20. The zero-order valence-corrected chi connectivity index (χ0v) is 8.80. The van der Waals surface area contributed by atoms with Crippen molar-refractivity contribution in [3.05, 3.63) is 23.0 Å². The minimum absolute atomic E-state index is 0.133. The topological polar surface area (TPSA) is 95.1 Å². The number of carbonyl (C=O) groups is 1. The van der Waals surface area contributed by atoms with Crippen LogP contribution < -0.4 is 11.5 Å². The Labute approximate surface area is 89.7 Å². The fourth-order valence-electron chi connectivity index (χ4n) is 1.27. The van der Waals surface area contributed by atoms with E-state index in [-0.39, 0.29) is 5.76 Å². The SMILES string of the molecule is Cc1oc(C(N)=O)cc1-c1csc(N)n1. The zero-order chi connectivity index (χ0) is 11.0. The number of furan rings is 1. The zero-order valence-electron chi connectivity index (χ0n) is 7.98. The van der Waals surface area contributed by atoms with Crippen molar-refractivity contribution in [3.8, 4) is 11.3 Å². The number of aromatic nitrogens is 1. The summed E-state index contributed by atoms with van der Waals surface area (Å²) in [5.41, 5.74) is 12.1. The van der Waals surface area contributed by atoms with Gasteiger partial charge in [-0.05, 0) is 13.0 Å². The van der Waals surface area contributed by atoms with Crippen LogP contribution in [0.5, 0.6) is 0 Å². The van der Waals surface area contributed by atoms with Crippen LogP contribution in [0.25, 0.3) is 11.3 Å². The van der Waals surface area contributed by atoms with Crippen LogP contribution in [0, 0.1) is 6.92 Å². The number of carbonyl (C=O) groups excluding carboxylic acids is 1. The summed E-state index contributed by atoms with van der Waals surface area (Å²) >= 11 is 1.33. The van der Waals surface area contributed by atoms with E-state index < -0.39 is 5.91 Å². The van der Waals surface area contributed by atoms with Gasteiger partial charge in [0.1, 0.15) is 5.76 Å². The van der Waals surface area contributed by atoms with Crippen LogP contribution in [0.3, 0.4) is 0 Å². The molecule has 0 fully saturated rings. The average Bonchev–Trinajstić information content (AvgIpc) is 2.71. The van der Waals surface area contributed by atoms with Gasteiger partial charge in [-0.2, -0.15) is 0 Å². The monoisotopic (exact) mass is 223 g/mol. The van der Waals surface area contributed by atoms with Crippen molar-refractivity contribution in [1.82, 2.24) is 4.98 Å². The highest BCUT2D eigenvalue weighted by Crippen LogP contribution is 2.28. The molecule has 4 N–H and O–H groups in total. The van der Waals surface area contributed by atoms with Gasteiger partial charge in [-0.3, -0.25) is 4.79 Å². The van der Waals surface area contributed by atoms with Crippen LogP contribution in [0.15, 0.2) is 15.9 Å². The van der Waals surface area contributed by atoms with Gasteiger partial charge in [0.2, 0.25) is 0 Å². The number of aryl methyl sites for hydroxylation is 1. The van der Waals surface area contributed by atoms with Crippen molar-refractivity contribution >= 4 is 22.4 Å². The summed E-state index contributed by atoms with van der Waals surface area (Å²) in [6.45, 7) is 1.75. The molecule has 6 heteroatoms. The molecule has 0 aliphatic carbocycles. The molecule has 15 heavy (non-hydrogen) atoms. The first-order valence-corrected chi connectivity index (χ1v) is 5.07. The summed E-state index contributed by atoms with van der Waals surface area (Å²) < 4.78 is 5.19. The Morgan fingerprint density at radius 2 is 2.33 bits per heavy atom.